The van der Waals surface area contributed by atoms with Crippen molar-refractivity contribution >= 4 is 17.5 Å². The van der Waals surface area contributed by atoms with Crippen molar-refractivity contribution in [1.29, 1.82) is 5.41 Å². The number of anilines is 1. The first kappa shape index (κ1) is 17.5. The van der Waals surface area contributed by atoms with E-state index in [2.05, 4.69) is 5.32 Å². The Morgan fingerprint density at radius 2 is 1.79 bits per heavy atom. The third kappa shape index (κ3) is 3.91. The molecule has 24 heavy (non-hydrogen) atoms. The van der Waals surface area contributed by atoms with E-state index in [1.807, 2.05) is 30.3 Å². The number of carbonyl (C=O) groups excluding carboxylic acids is 1. The van der Waals surface area contributed by atoms with Crippen LogP contribution in [-0.4, -0.2) is 33.1 Å². The summed E-state index contributed by atoms with van der Waals surface area (Å²) in [6.45, 7) is 0. The average Bonchev–Trinajstić information content (AvgIpc) is 2.62. The predicted octanol–water partition coefficient (Wildman–Crippen LogP) is 3.26. The lowest BCUT2D eigenvalue weighted by atomic mass is 10.1. The Morgan fingerprint density at radius 3 is 2.38 bits per heavy atom. The van der Waals surface area contributed by atoms with Crippen LogP contribution in [0.25, 0.3) is 0 Å². The van der Waals surface area contributed by atoms with E-state index in [4.69, 9.17) is 19.6 Å². The molecule has 0 spiro atoms. The largest absolute Gasteiger partial charge is 0.495 e. The average molecular weight is 328 g/mol. The highest BCUT2D eigenvalue weighted by Crippen LogP contribution is 2.28. The molecule has 2 aromatic carbocycles. The van der Waals surface area contributed by atoms with E-state index < -0.39 is 12.1 Å². The van der Waals surface area contributed by atoms with Crippen molar-refractivity contribution < 1.29 is 19.0 Å². The fourth-order valence-corrected chi connectivity index (χ4v) is 2.31. The Hall–Kier alpha value is -2.86. The molecule has 2 rings (SSSR count). The Labute approximate surface area is 140 Å². The van der Waals surface area contributed by atoms with Crippen molar-refractivity contribution in [3.8, 4) is 5.75 Å². The SMILES string of the molecule is COC(=O)c1ccc(OC)c(NC(=N)C(OC)c2ccccc2)c1. The summed E-state index contributed by atoms with van der Waals surface area (Å²) in [4.78, 5) is 11.7. The molecule has 0 aliphatic carbocycles. The number of hydrogen-bond acceptors (Lipinski definition) is 5. The van der Waals surface area contributed by atoms with Crippen molar-refractivity contribution in [3.63, 3.8) is 0 Å². The van der Waals surface area contributed by atoms with Crippen molar-refractivity contribution in [2.24, 2.45) is 0 Å². The van der Waals surface area contributed by atoms with Crippen molar-refractivity contribution in [2.75, 3.05) is 26.6 Å². The van der Waals surface area contributed by atoms with E-state index in [0.717, 1.165) is 5.56 Å². The second-order valence-electron chi connectivity index (χ2n) is 4.97. The zero-order valence-electron chi connectivity index (χ0n) is 13.8. The molecule has 0 aliphatic heterocycles. The monoisotopic (exact) mass is 328 g/mol. The first-order valence-corrected chi connectivity index (χ1v) is 7.30. The number of ether oxygens (including phenoxy) is 3. The summed E-state index contributed by atoms with van der Waals surface area (Å²) < 4.78 is 15.4. The molecule has 2 N–H and O–H groups in total. The van der Waals surface area contributed by atoms with Gasteiger partial charge in [-0.3, -0.25) is 5.41 Å². The maximum Gasteiger partial charge on any atom is 0.337 e. The fraction of sp³-hybridized carbons (Fsp3) is 0.222. The lowest BCUT2D eigenvalue weighted by molar-refractivity contribution is 0.0601. The van der Waals surface area contributed by atoms with Gasteiger partial charge in [0.2, 0.25) is 0 Å². The highest BCUT2D eigenvalue weighted by atomic mass is 16.5. The summed E-state index contributed by atoms with van der Waals surface area (Å²) in [6.07, 6.45) is -0.558. The van der Waals surface area contributed by atoms with Gasteiger partial charge in [0, 0.05) is 7.11 Å². The highest BCUT2D eigenvalue weighted by molar-refractivity contribution is 6.00. The standard InChI is InChI=1S/C18H20N2O4/c1-22-15-10-9-13(18(21)24-3)11-14(15)20-17(19)16(23-2)12-7-5-4-6-8-12/h4-11,16H,1-3H3,(H2,19,20). The third-order valence-electron chi connectivity index (χ3n) is 3.49. The van der Waals surface area contributed by atoms with Crippen molar-refractivity contribution in [1.82, 2.24) is 0 Å². The van der Waals surface area contributed by atoms with E-state index in [0.29, 0.717) is 17.0 Å². The van der Waals surface area contributed by atoms with Crippen LogP contribution in [0.3, 0.4) is 0 Å². The Bertz CT molecular complexity index is 716. The van der Waals surface area contributed by atoms with Gasteiger partial charge in [0.15, 0.2) is 0 Å². The zero-order valence-corrected chi connectivity index (χ0v) is 13.8. The molecule has 126 valence electrons. The number of amidine groups is 1. The van der Waals surface area contributed by atoms with E-state index in [1.165, 1.54) is 21.3 Å². The second-order valence-corrected chi connectivity index (χ2v) is 4.97. The van der Waals surface area contributed by atoms with E-state index in [1.54, 1.807) is 18.2 Å². The number of hydrogen-bond donors (Lipinski definition) is 2. The Balaban J connectivity index is 2.28. The van der Waals surface area contributed by atoms with Gasteiger partial charge in [-0.25, -0.2) is 4.79 Å². The summed E-state index contributed by atoms with van der Waals surface area (Å²) in [5.41, 5.74) is 1.70. The molecule has 6 nitrogen and oxygen atoms in total. The molecule has 6 heteroatoms. The molecule has 0 aliphatic rings. The summed E-state index contributed by atoms with van der Waals surface area (Å²) in [5.74, 6) is 0.179. The topological polar surface area (TPSA) is 80.6 Å². The highest BCUT2D eigenvalue weighted by Gasteiger charge is 2.18. The van der Waals surface area contributed by atoms with Crippen LogP contribution >= 0.6 is 0 Å². The third-order valence-corrected chi connectivity index (χ3v) is 3.49. The van der Waals surface area contributed by atoms with E-state index in [9.17, 15) is 4.79 Å². The van der Waals surface area contributed by atoms with Crippen molar-refractivity contribution in [3.05, 3.63) is 59.7 Å². The molecule has 0 fully saturated rings. The van der Waals surface area contributed by atoms with E-state index in [-0.39, 0.29) is 5.84 Å². The van der Waals surface area contributed by atoms with Crippen LogP contribution < -0.4 is 10.1 Å². The number of nitrogens with one attached hydrogen (secondary N) is 2. The van der Waals surface area contributed by atoms with Crippen LogP contribution in [0.2, 0.25) is 0 Å². The van der Waals surface area contributed by atoms with Crippen LogP contribution in [0.15, 0.2) is 48.5 Å². The number of esters is 1. The zero-order chi connectivity index (χ0) is 17.5. The molecule has 0 aromatic heterocycles. The summed E-state index contributed by atoms with van der Waals surface area (Å²) in [7, 11) is 4.38. The van der Waals surface area contributed by atoms with Gasteiger partial charge >= 0.3 is 5.97 Å². The summed E-state index contributed by atoms with van der Waals surface area (Å²) in [6, 6.07) is 14.3. The minimum atomic E-state index is -0.558. The molecule has 0 amide bonds. The minimum Gasteiger partial charge on any atom is -0.495 e. The van der Waals surface area contributed by atoms with Gasteiger partial charge in [0.25, 0.3) is 0 Å². The maximum absolute atomic E-state index is 11.7. The van der Waals surface area contributed by atoms with Crippen LogP contribution in [0, 0.1) is 5.41 Å². The van der Waals surface area contributed by atoms with Gasteiger partial charge < -0.3 is 19.5 Å². The summed E-state index contributed by atoms with van der Waals surface area (Å²) in [5, 5.41) is 11.3. The molecule has 1 atom stereocenters. The Kier molecular flexibility index (Phi) is 5.92. The smallest absolute Gasteiger partial charge is 0.337 e. The van der Waals surface area contributed by atoms with Gasteiger partial charge in [-0.15, -0.1) is 0 Å². The van der Waals surface area contributed by atoms with Gasteiger partial charge in [-0.2, -0.15) is 0 Å². The van der Waals surface area contributed by atoms with Crippen LogP contribution in [-0.2, 0) is 9.47 Å². The van der Waals surface area contributed by atoms with Gasteiger partial charge in [-0.1, -0.05) is 30.3 Å². The quantitative estimate of drug-likeness (QED) is 0.483. The number of methoxy groups -OCH3 is 3. The molecule has 0 heterocycles. The lowest BCUT2D eigenvalue weighted by Crippen LogP contribution is -2.22. The van der Waals surface area contributed by atoms with Crippen LogP contribution in [0.5, 0.6) is 5.75 Å². The number of benzene rings is 2. The van der Waals surface area contributed by atoms with Crippen molar-refractivity contribution in [2.45, 2.75) is 6.10 Å². The minimum absolute atomic E-state index is 0.129. The van der Waals surface area contributed by atoms with Crippen LogP contribution in [0.4, 0.5) is 5.69 Å². The molecule has 0 radical (unpaired) electrons. The van der Waals surface area contributed by atoms with Gasteiger partial charge in [-0.05, 0) is 23.8 Å². The molecular formula is C18H20N2O4. The van der Waals surface area contributed by atoms with E-state index >= 15 is 0 Å². The number of carbonyl (C=O) groups is 1. The molecule has 0 saturated heterocycles. The predicted molar refractivity (Wildman–Crippen MR) is 91.9 cm³/mol. The maximum atomic E-state index is 11.7. The molecular weight excluding hydrogens is 308 g/mol. The fourth-order valence-electron chi connectivity index (χ4n) is 2.31. The Morgan fingerprint density at radius 1 is 1.08 bits per heavy atom. The molecule has 0 saturated carbocycles. The molecule has 0 bridgehead atoms. The van der Waals surface area contributed by atoms with Crippen LogP contribution in [0.1, 0.15) is 22.0 Å². The summed E-state index contributed by atoms with van der Waals surface area (Å²) >= 11 is 0. The molecule has 2 aromatic rings. The normalized spacial score (nSPS) is 11.5. The van der Waals surface area contributed by atoms with Gasteiger partial charge in [0.1, 0.15) is 17.7 Å². The molecule has 1 unspecified atom stereocenters. The second kappa shape index (κ2) is 8.12. The lowest BCUT2D eigenvalue weighted by Gasteiger charge is -2.20. The van der Waals surface area contributed by atoms with Gasteiger partial charge in [0.05, 0.1) is 25.5 Å². The number of rotatable bonds is 6. The first-order chi connectivity index (χ1) is 11.6. The first-order valence-electron chi connectivity index (χ1n) is 7.30.